The van der Waals surface area contributed by atoms with Crippen LogP contribution in [0.5, 0.6) is 0 Å². The van der Waals surface area contributed by atoms with E-state index in [2.05, 4.69) is 21.5 Å². The number of carbonyl (C=O) groups excluding carboxylic acids is 1. The molecule has 0 N–H and O–H groups in total. The van der Waals surface area contributed by atoms with Gasteiger partial charge in [-0.1, -0.05) is 12.6 Å². The van der Waals surface area contributed by atoms with Gasteiger partial charge in [0.2, 0.25) is 5.91 Å². The molecule has 0 unspecified atom stereocenters. The normalized spacial score (nSPS) is 17.2. The third-order valence-electron chi connectivity index (χ3n) is 7.95. The molecule has 2 aliphatic rings. The zero-order valence-corrected chi connectivity index (χ0v) is 24.6. The van der Waals surface area contributed by atoms with E-state index in [1.807, 2.05) is 0 Å². The smallest absolute Gasteiger partial charge is 0.350 e. The monoisotopic (exact) mass is 624 g/mol. The summed E-state index contributed by atoms with van der Waals surface area (Å²) in [5, 5.41) is -0.642. The molecule has 2 fully saturated rings. The molecule has 6 rings (SSSR count). The number of benzene rings is 1. The molecule has 4 heterocycles. The highest BCUT2D eigenvalue weighted by molar-refractivity contribution is 7.92. The van der Waals surface area contributed by atoms with Crippen molar-refractivity contribution < 1.29 is 26.4 Å². The largest absolute Gasteiger partial charge is 0.355 e. The fourth-order valence-corrected chi connectivity index (χ4v) is 7.50. The molecule has 0 spiro atoms. The summed E-state index contributed by atoms with van der Waals surface area (Å²) in [6.07, 6.45) is 3.41. The molecule has 1 amide bonds. The predicted molar refractivity (Wildman–Crippen MR) is 157 cm³/mol. The SMILES string of the molecule is C=CC(=O)N1CCN(c2nc(=O)n(-c3c(S(=O)(=O)C4CC4)ccnc3C)c3nc(-c4c(F)cccc4F)c(F)cc23)[C@@H](C)C1. The second-order valence-electron chi connectivity index (χ2n) is 10.9. The van der Waals surface area contributed by atoms with E-state index < -0.39 is 55.5 Å². The van der Waals surface area contributed by atoms with Crippen LogP contribution < -0.4 is 10.6 Å². The lowest BCUT2D eigenvalue weighted by Gasteiger charge is -2.40. The number of amides is 1. The van der Waals surface area contributed by atoms with E-state index in [4.69, 9.17) is 0 Å². The molecule has 1 saturated carbocycles. The molecule has 3 aromatic heterocycles. The van der Waals surface area contributed by atoms with Crippen molar-refractivity contribution in [3.05, 3.63) is 82.8 Å². The minimum absolute atomic E-state index is 0.00373. The number of rotatable bonds is 6. The van der Waals surface area contributed by atoms with E-state index >= 15 is 4.39 Å². The Morgan fingerprint density at radius 3 is 2.41 bits per heavy atom. The fraction of sp³-hybridized carbons (Fsp3) is 0.300. The van der Waals surface area contributed by atoms with Crippen LogP contribution in [0, 0.1) is 24.4 Å². The van der Waals surface area contributed by atoms with Crippen molar-refractivity contribution in [1.29, 1.82) is 0 Å². The summed E-state index contributed by atoms with van der Waals surface area (Å²) < 4.78 is 73.5. The summed E-state index contributed by atoms with van der Waals surface area (Å²) in [7, 11) is -3.90. The maximum absolute atomic E-state index is 15.8. The van der Waals surface area contributed by atoms with Crippen LogP contribution in [-0.4, -0.2) is 69.7 Å². The third kappa shape index (κ3) is 4.82. The third-order valence-corrected chi connectivity index (χ3v) is 10.2. The maximum atomic E-state index is 15.8. The molecule has 1 aliphatic heterocycles. The first-order valence-corrected chi connectivity index (χ1v) is 15.4. The summed E-state index contributed by atoms with van der Waals surface area (Å²) in [6, 6.07) is 4.89. The number of aryl methyl sites for hydroxylation is 1. The molecule has 0 radical (unpaired) electrons. The predicted octanol–water partition coefficient (Wildman–Crippen LogP) is 3.73. The second-order valence-corrected chi connectivity index (χ2v) is 13.1. The molecule has 1 aliphatic carbocycles. The average Bonchev–Trinajstić information content (AvgIpc) is 3.84. The lowest BCUT2D eigenvalue weighted by molar-refractivity contribution is -0.126. The zero-order chi connectivity index (χ0) is 31.5. The van der Waals surface area contributed by atoms with Gasteiger partial charge in [0, 0.05) is 31.9 Å². The number of hydrogen-bond donors (Lipinski definition) is 0. The van der Waals surface area contributed by atoms with Crippen LogP contribution in [-0.2, 0) is 14.6 Å². The van der Waals surface area contributed by atoms with Crippen molar-refractivity contribution in [1.82, 2.24) is 24.4 Å². The molecule has 1 atom stereocenters. The number of fused-ring (bicyclic) bond motifs is 1. The van der Waals surface area contributed by atoms with Crippen LogP contribution in [0.3, 0.4) is 0 Å². The highest BCUT2D eigenvalue weighted by atomic mass is 32.2. The Hall–Kier alpha value is -4.59. The minimum Gasteiger partial charge on any atom is -0.350 e. The lowest BCUT2D eigenvalue weighted by atomic mass is 10.1. The highest BCUT2D eigenvalue weighted by Crippen LogP contribution is 2.38. The van der Waals surface area contributed by atoms with Crippen LogP contribution in [0.1, 0.15) is 25.5 Å². The molecular formula is C30H27F3N6O4S. The molecular weight excluding hydrogens is 597 g/mol. The summed E-state index contributed by atoms with van der Waals surface area (Å²) in [5.74, 6) is -3.49. The Kier molecular flexibility index (Phi) is 7.26. The van der Waals surface area contributed by atoms with Crippen molar-refractivity contribution in [3.63, 3.8) is 0 Å². The molecule has 10 nitrogen and oxygen atoms in total. The van der Waals surface area contributed by atoms with Gasteiger partial charge in [-0.3, -0.25) is 9.78 Å². The van der Waals surface area contributed by atoms with Gasteiger partial charge in [0.1, 0.15) is 23.1 Å². The van der Waals surface area contributed by atoms with Crippen molar-refractivity contribution in [2.75, 3.05) is 24.5 Å². The molecule has 1 aromatic carbocycles. The van der Waals surface area contributed by atoms with Gasteiger partial charge in [0.05, 0.1) is 32.5 Å². The minimum atomic E-state index is -3.90. The first kappa shape index (κ1) is 29.5. The molecule has 0 bridgehead atoms. The van der Waals surface area contributed by atoms with Crippen molar-refractivity contribution in [2.45, 2.75) is 42.9 Å². The van der Waals surface area contributed by atoms with Crippen LogP contribution in [0.2, 0.25) is 0 Å². The number of halogens is 3. The number of hydrogen-bond acceptors (Lipinski definition) is 8. The van der Waals surface area contributed by atoms with Crippen LogP contribution in [0.15, 0.2) is 58.9 Å². The Morgan fingerprint density at radius 1 is 1.07 bits per heavy atom. The Labute approximate surface area is 250 Å². The molecule has 14 heteroatoms. The number of pyridine rings is 2. The summed E-state index contributed by atoms with van der Waals surface area (Å²) >= 11 is 0. The van der Waals surface area contributed by atoms with E-state index in [1.165, 1.54) is 25.3 Å². The van der Waals surface area contributed by atoms with E-state index in [-0.39, 0.29) is 58.7 Å². The highest BCUT2D eigenvalue weighted by Gasteiger charge is 2.40. The van der Waals surface area contributed by atoms with E-state index in [0.717, 1.165) is 28.8 Å². The van der Waals surface area contributed by atoms with Gasteiger partial charge in [0.25, 0.3) is 0 Å². The van der Waals surface area contributed by atoms with Gasteiger partial charge in [-0.2, -0.15) is 4.98 Å². The first-order chi connectivity index (χ1) is 20.9. The maximum Gasteiger partial charge on any atom is 0.355 e. The van der Waals surface area contributed by atoms with Gasteiger partial charge in [-0.05, 0) is 57.0 Å². The van der Waals surface area contributed by atoms with Gasteiger partial charge in [-0.25, -0.2) is 35.9 Å². The molecule has 1 saturated heterocycles. The summed E-state index contributed by atoms with van der Waals surface area (Å²) in [5.41, 5.74) is -2.64. The van der Waals surface area contributed by atoms with Gasteiger partial charge in [-0.15, -0.1) is 0 Å². The fourth-order valence-electron chi connectivity index (χ4n) is 5.62. The lowest BCUT2D eigenvalue weighted by Crippen LogP contribution is -2.54. The standard InChI is InChI=1S/C30H27F3N6O4S/c1-4-24(40)37-12-13-38(16(2)15-37)28-19-14-22(33)26(25-20(31)6-5-7-21(25)32)35-29(19)39(30(41)36-28)27-17(3)34-11-10-23(27)44(42,43)18-8-9-18/h4-7,10-11,14,16,18H,1,8-9,12-13,15H2,2-3H3/t16-/m0/s1. The van der Waals surface area contributed by atoms with Crippen LogP contribution in [0.4, 0.5) is 19.0 Å². The van der Waals surface area contributed by atoms with Crippen LogP contribution in [0.25, 0.3) is 28.0 Å². The summed E-state index contributed by atoms with van der Waals surface area (Å²) in [6.45, 7) is 7.53. The van der Waals surface area contributed by atoms with Gasteiger partial charge >= 0.3 is 5.69 Å². The van der Waals surface area contributed by atoms with E-state index in [9.17, 15) is 26.8 Å². The Balaban J connectivity index is 1.66. The molecule has 228 valence electrons. The number of nitrogens with zero attached hydrogens (tertiary/aromatic N) is 6. The number of carbonyl (C=O) groups is 1. The molecule has 44 heavy (non-hydrogen) atoms. The van der Waals surface area contributed by atoms with Crippen molar-refractivity contribution >= 4 is 32.6 Å². The zero-order valence-electron chi connectivity index (χ0n) is 23.8. The number of piperazine rings is 1. The van der Waals surface area contributed by atoms with Crippen LogP contribution >= 0.6 is 0 Å². The van der Waals surface area contributed by atoms with E-state index in [1.54, 1.807) is 16.7 Å². The quantitative estimate of drug-likeness (QED) is 0.298. The van der Waals surface area contributed by atoms with Gasteiger partial charge < -0.3 is 9.80 Å². The molecule has 4 aromatic rings. The Morgan fingerprint density at radius 2 is 1.77 bits per heavy atom. The Bertz CT molecular complexity index is 2010. The first-order valence-electron chi connectivity index (χ1n) is 13.9. The van der Waals surface area contributed by atoms with Crippen molar-refractivity contribution in [3.8, 4) is 16.9 Å². The average molecular weight is 625 g/mol. The number of sulfone groups is 1. The topological polar surface area (TPSA) is 118 Å². The summed E-state index contributed by atoms with van der Waals surface area (Å²) in [4.78, 5) is 42.1. The van der Waals surface area contributed by atoms with E-state index in [0.29, 0.717) is 12.8 Å². The second kappa shape index (κ2) is 10.8. The number of aromatic nitrogens is 4. The van der Waals surface area contributed by atoms with Gasteiger partial charge in [0.15, 0.2) is 21.3 Å². The number of anilines is 1. The van der Waals surface area contributed by atoms with Crippen molar-refractivity contribution in [2.24, 2.45) is 0 Å².